The molecule has 7 heteroatoms. The predicted octanol–water partition coefficient (Wildman–Crippen LogP) is 3.38. The third kappa shape index (κ3) is 5.44. The number of nitrogens with one attached hydrogen (secondary N) is 3. The second-order valence-electron chi connectivity index (χ2n) is 6.84. The molecule has 3 aromatic rings. The van der Waals surface area contributed by atoms with Gasteiger partial charge >= 0.3 is 0 Å². The monoisotopic (exact) mass is 392 g/mol. The van der Waals surface area contributed by atoms with E-state index in [1.807, 2.05) is 18.3 Å². The molecular weight excluding hydrogens is 368 g/mol. The van der Waals surface area contributed by atoms with Gasteiger partial charge in [0.25, 0.3) is 5.91 Å². The summed E-state index contributed by atoms with van der Waals surface area (Å²) in [5.74, 6) is -0.772. The van der Waals surface area contributed by atoms with E-state index in [1.165, 1.54) is 24.8 Å². The van der Waals surface area contributed by atoms with Crippen molar-refractivity contribution in [3.63, 3.8) is 0 Å². The number of anilines is 2. The molecule has 3 N–H and O–H groups in total. The topological polar surface area (TPSA) is 92.2 Å². The standard InChI is InChI=1S/C22H24N4O3/c1-15(27)24-19-12-18(13-20(14-19)25-16(2)28)22(29)23-9-5-10-26-11-8-17-6-3-4-7-21(17)26/h3-4,6-8,11-14H,5,9-10H2,1-2H3,(H,23,29)(H,24,27)(H,25,28). The average Bonchev–Trinajstić information content (AvgIpc) is 3.07. The van der Waals surface area contributed by atoms with E-state index in [0.717, 1.165) is 13.0 Å². The first kappa shape index (κ1) is 20.1. The number of carbonyl (C=O) groups excluding carboxylic acids is 3. The van der Waals surface area contributed by atoms with Crippen LogP contribution in [0.3, 0.4) is 0 Å². The number of aromatic nitrogens is 1. The fraction of sp³-hybridized carbons (Fsp3) is 0.227. The molecule has 29 heavy (non-hydrogen) atoms. The van der Waals surface area contributed by atoms with E-state index in [0.29, 0.717) is 23.5 Å². The van der Waals surface area contributed by atoms with Crippen LogP contribution in [0.2, 0.25) is 0 Å². The zero-order valence-corrected chi connectivity index (χ0v) is 16.5. The Balaban J connectivity index is 1.61. The Bertz CT molecular complexity index is 1020. The van der Waals surface area contributed by atoms with Crippen molar-refractivity contribution in [2.45, 2.75) is 26.8 Å². The number of benzene rings is 2. The van der Waals surface area contributed by atoms with Gasteiger partial charge in [-0.05, 0) is 42.1 Å². The summed E-state index contributed by atoms with van der Waals surface area (Å²) in [6.45, 7) is 4.06. The van der Waals surface area contributed by atoms with Gasteiger partial charge in [-0.25, -0.2) is 0 Å². The minimum absolute atomic E-state index is 0.254. The van der Waals surface area contributed by atoms with Crippen molar-refractivity contribution in [2.75, 3.05) is 17.2 Å². The van der Waals surface area contributed by atoms with Crippen LogP contribution in [0.15, 0.2) is 54.7 Å². The second-order valence-corrected chi connectivity index (χ2v) is 6.84. The summed E-state index contributed by atoms with van der Waals surface area (Å²) in [5, 5.41) is 9.37. The van der Waals surface area contributed by atoms with E-state index in [2.05, 4.69) is 38.7 Å². The lowest BCUT2D eigenvalue weighted by Gasteiger charge is -2.11. The highest BCUT2D eigenvalue weighted by molar-refractivity contribution is 5.99. The molecule has 0 radical (unpaired) electrons. The highest BCUT2D eigenvalue weighted by atomic mass is 16.2. The third-order valence-corrected chi connectivity index (χ3v) is 4.38. The van der Waals surface area contributed by atoms with Gasteiger partial charge in [-0.3, -0.25) is 14.4 Å². The van der Waals surface area contributed by atoms with Gasteiger partial charge in [-0.2, -0.15) is 0 Å². The van der Waals surface area contributed by atoms with E-state index in [9.17, 15) is 14.4 Å². The van der Waals surface area contributed by atoms with Crippen molar-refractivity contribution in [1.82, 2.24) is 9.88 Å². The van der Waals surface area contributed by atoms with Crippen LogP contribution in [0.4, 0.5) is 11.4 Å². The maximum atomic E-state index is 12.6. The Kier molecular flexibility index (Phi) is 6.29. The number of amides is 3. The van der Waals surface area contributed by atoms with Crippen molar-refractivity contribution in [3.05, 3.63) is 60.3 Å². The molecule has 3 amide bonds. The summed E-state index contributed by atoms with van der Waals surface area (Å²) >= 11 is 0. The first-order valence-electron chi connectivity index (χ1n) is 9.45. The van der Waals surface area contributed by atoms with E-state index in [4.69, 9.17) is 0 Å². The van der Waals surface area contributed by atoms with Crippen LogP contribution < -0.4 is 16.0 Å². The number of carbonyl (C=O) groups is 3. The van der Waals surface area contributed by atoms with Crippen LogP contribution >= 0.6 is 0 Å². The van der Waals surface area contributed by atoms with Crippen LogP contribution in [0.5, 0.6) is 0 Å². The average molecular weight is 392 g/mol. The summed E-state index contributed by atoms with van der Waals surface area (Å²) in [6.07, 6.45) is 2.82. The summed E-state index contributed by atoms with van der Waals surface area (Å²) in [6, 6.07) is 15.0. The molecule has 1 heterocycles. The lowest BCUT2D eigenvalue weighted by molar-refractivity contribution is -0.115. The number of hydrogen-bond acceptors (Lipinski definition) is 3. The first-order valence-corrected chi connectivity index (χ1v) is 9.45. The molecule has 150 valence electrons. The SMILES string of the molecule is CC(=O)Nc1cc(NC(C)=O)cc(C(=O)NCCCn2ccc3ccccc32)c1. The van der Waals surface area contributed by atoms with Gasteiger partial charge in [0.05, 0.1) is 0 Å². The Labute approximate surface area is 169 Å². The zero-order valence-electron chi connectivity index (χ0n) is 16.5. The molecule has 0 spiro atoms. The maximum Gasteiger partial charge on any atom is 0.251 e. The van der Waals surface area contributed by atoms with Crippen LogP contribution in [-0.4, -0.2) is 28.8 Å². The molecule has 0 aliphatic heterocycles. The molecule has 3 rings (SSSR count). The van der Waals surface area contributed by atoms with Crippen molar-refractivity contribution in [3.8, 4) is 0 Å². The minimum atomic E-state index is -0.263. The molecule has 0 aliphatic carbocycles. The second kappa shape index (κ2) is 9.05. The molecular formula is C22H24N4O3. The lowest BCUT2D eigenvalue weighted by Crippen LogP contribution is -2.25. The molecule has 0 saturated carbocycles. The number of aryl methyl sites for hydroxylation is 1. The van der Waals surface area contributed by atoms with Gasteiger partial charge < -0.3 is 20.5 Å². The lowest BCUT2D eigenvalue weighted by atomic mass is 10.1. The molecule has 0 fully saturated rings. The maximum absolute atomic E-state index is 12.6. The molecule has 1 aromatic heterocycles. The van der Waals surface area contributed by atoms with E-state index in [1.54, 1.807) is 18.2 Å². The van der Waals surface area contributed by atoms with Crippen molar-refractivity contribution in [2.24, 2.45) is 0 Å². The molecule has 0 unspecified atom stereocenters. The molecule has 7 nitrogen and oxygen atoms in total. The fourth-order valence-corrected chi connectivity index (χ4v) is 3.20. The van der Waals surface area contributed by atoms with Gasteiger partial charge in [0, 0.05) is 55.6 Å². The van der Waals surface area contributed by atoms with Gasteiger partial charge in [0.1, 0.15) is 0 Å². The van der Waals surface area contributed by atoms with Crippen LogP contribution in [0, 0.1) is 0 Å². The summed E-state index contributed by atoms with van der Waals surface area (Å²) in [7, 11) is 0. The van der Waals surface area contributed by atoms with Gasteiger partial charge in [-0.15, -0.1) is 0 Å². The van der Waals surface area contributed by atoms with E-state index >= 15 is 0 Å². The Morgan fingerprint density at radius 1 is 0.897 bits per heavy atom. The van der Waals surface area contributed by atoms with E-state index in [-0.39, 0.29) is 17.7 Å². The van der Waals surface area contributed by atoms with Gasteiger partial charge in [-0.1, -0.05) is 18.2 Å². The van der Waals surface area contributed by atoms with E-state index < -0.39 is 0 Å². The summed E-state index contributed by atoms with van der Waals surface area (Å²) in [5.41, 5.74) is 2.44. The largest absolute Gasteiger partial charge is 0.352 e. The highest BCUT2D eigenvalue weighted by Crippen LogP contribution is 2.20. The van der Waals surface area contributed by atoms with Gasteiger partial charge in [0.15, 0.2) is 0 Å². The number of para-hydroxylation sites is 1. The number of hydrogen-bond donors (Lipinski definition) is 3. The van der Waals surface area contributed by atoms with Crippen LogP contribution in [0.25, 0.3) is 10.9 Å². The van der Waals surface area contributed by atoms with Crippen LogP contribution in [-0.2, 0) is 16.1 Å². The van der Waals surface area contributed by atoms with Crippen molar-refractivity contribution < 1.29 is 14.4 Å². The molecule has 0 saturated heterocycles. The smallest absolute Gasteiger partial charge is 0.251 e. The summed E-state index contributed by atoms with van der Waals surface area (Å²) in [4.78, 5) is 35.2. The Hall–Kier alpha value is -3.61. The normalized spacial score (nSPS) is 10.6. The Morgan fingerprint density at radius 2 is 1.55 bits per heavy atom. The molecule has 2 aromatic carbocycles. The fourth-order valence-electron chi connectivity index (χ4n) is 3.20. The molecule has 0 atom stereocenters. The predicted molar refractivity (Wildman–Crippen MR) is 114 cm³/mol. The number of rotatable bonds is 7. The first-order chi connectivity index (χ1) is 13.9. The van der Waals surface area contributed by atoms with Crippen molar-refractivity contribution in [1.29, 1.82) is 0 Å². The summed E-state index contributed by atoms with van der Waals surface area (Å²) < 4.78 is 2.16. The number of fused-ring (bicyclic) bond motifs is 1. The quantitative estimate of drug-likeness (QED) is 0.538. The van der Waals surface area contributed by atoms with Crippen LogP contribution in [0.1, 0.15) is 30.6 Å². The highest BCUT2D eigenvalue weighted by Gasteiger charge is 2.10. The molecule has 0 aliphatic rings. The minimum Gasteiger partial charge on any atom is -0.352 e. The number of nitrogens with zero attached hydrogens (tertiary/aromatic N) is 1. The van der Waals surface area contributed by atoms with Gasteiger partial charge in [0.2, 0.25) is 11.8 Å². The molecule has 0 bridgehead atoms. The third-order valence-electron chi connectivity index (χ3n) is 4.38. The Morgan fingerprint density at radius 3 is 2.21 bits per heavy atom. The van der Waals surface area contributed by atoms with Crippen molar-refractivity contribution >= 4 is 40.0 Å². The zero-order chi connectivity index (χ0) is 20.8.